The van der Waals surface area contributed by atoms with Crippen molar-refractivity contribution in [3.8, 4) is 5.75 Å². The van der Waals surface area contributed by atoms with Gasteiger partial charge in [-0.2, -0.15) is 0 Å². The molecule has 0 spiro atoms. The quantitative estimate of drug-likeness (QED) is 0.936. The summed E-state index contributed by atoms with van der Waals surface area (Å²) in [5.41, 5.74) is 0.700. The van der Waals surface area contributed by atoms with Crippen LogP contribution >= 0.6 is 15.9 Å². The summed E-state index contributed by atoms with van der Waals surface area (Å²) in [6.45, 7) is 2.37. The Kier molecular flexibility index (Phi) is 4.50. The summed E-state index contributed by atoms with van der Waals surface area (Å²) in [7, 11) is 0. The third-order valence-electron chi connectivity index (χ3n) is 2.62. The third-order valence-corrected chi connectivity index (χ3v) is 3.11. The van der Waals surface area contributed by atoms with Crippen molar-refractivity contribution >= 4 is 15.9 Å². The van der Waals surface area contributed by atoms with Crippen LogP contribution in [0.1, 0.15) is 24.2 Å². The van der Waals surface area contributed by atoms with E-state index in [-0.39, 0.29) is 5.56 Å². The van der Waals surface area contributed by atoms with Crippen LogP contribution in [0, 0.1) is 5.82 Å². The molecule has 1 atom stereocenters. The summed E-state index contributed by atoms with van der Waals surface area (Å²) < 4.78 is 19.7. The van der Waals surface area contributed by atoms with Gasteiger partial charge in [-0.1, -0.05) is 22.0 Å². The molecule has 0 saturated heterocycles. The Labute approximate surface area is 119 Å². The zero-order chi connectivity index (χ0) is 13.8. The van der Waals surface area contributed by atoms with Gasteiger partial charge in [0.15, 0.2) is 0 Å². The summed E-state index contributed by atoms with van der Waals surface area (Å²) in [5, 5.41) is 10.2. The summed E-state index contributed by atoms with van der Waals surface area (Å²) in [5.74, 6) is 0.0836. The average Bonchev–Trinajstić information content (AvgIpc) is 2.39. The van der Waals surface area contributed by atoms with Gasteiger partial charge in [-0.3, -0.25) is 4.98 Å². The molecule has 1 aromatic carbocycles. The number of aliphatic hydroxyl groups excluding tert-OH is 1. The van der Waals surface area contributed by atoms with Crippen molar-refractivity contribution in [1.29, 1.82) is 0 Å². The lowest BCUT2D eigenvalue weighted by atomic mass is 10.0. The molecule has 2 rings (SSSR count). The van der Waals surface area contributed by atoms with E-state index in [0.29, 0.717) is 22.4 Å². The molecule has 5 heteroatoms. The number of hydrogen-bond acceptors (Lipinski definition) is 3. The Balaban J connectivity index is 2.32. The fourth-order valence-electron chi connectivity index (χ4n) is 1.73. The van der Waals surface area contributed by atoms with Gasteiger partial charge in [-0.15, -0.1) is 0 Å². The maximum Gasteiger partial charge on any atom is 0.137 e. The maximum atomic E-state index is 13.8. The van der Waals surface area contributed by atoms with Gasteiger partial charge in [0.05, 0.1) is 12.8 Å². The first-order chi connectivity index (χ1) is 9.11. The fraction of sp³-hybridized carbons (Fsp3) is 0.214. The minimum absolute atomic E-state index is 0.207. The molecule has 1 aromatic heterocycles. The van der Waals surface area contributed by atoms with Crippen LogP contribution in [0.2, 0.25) is 0 Å². The molecule has 0 aliphatic heterocycles. The first kappa shape index (κ1) is 14.0. The van der Waals surface area contributed by atoms with Gasteiger partial charge < -0.3 is 9.84 Å². The Bertz CT molecular complexity index is 577. The van der Waals surface area contributed by atoms with Crippen LogP contribution in [-0.2, 0) is 0 Å². The third kappa shape index (κ3) is 3.30. The Morgan fingerprint density at radius 1 is 1.37 bits per heavy atom. The van der Waals surface area contributed by atoms with E-state index in [0.717, 1.165) is 0 Å². The first-order valence-corrected chi connectivity index (χ1v) is 6.62. The number of benzene rings is 1. The van der Waals surface area contributed by atoms with Gasteiger partial charge in [-0.25, -0.2) is 4.39 Å². The van der Waals surface area contributed by atoms with Crippen molar-refractivity contribution in [3.63, 3.8) is 0 Å². The smallest absolute Gasteiger partial charge is 0.137 e. The highest BCUT2D eigenvalue weighted by molar-refractivity contribution is 9.10. The molecule has 100 valence electrons. The number of aromatic nitrogens is 1. The van der Waals surface area contributed by atoms with E-state index in [9.17, 15) is 9.50 Å². The van der Waals surface area contributed by atoms with E-state index >= 15 is 0 Å². The first-order valence-electron chi connectivity index (χ1n) is 5.82. The second-order valence-electron chi connectivity index (χ2n) is 3.96. The monoisotopic (exact) mass is 325 g/mol. The maximum absolute atomic E-state index is 13.8. The van der Waals surface area contributed by atoms with E-state index < -0.39 is 11.9 Å². The molecule has 19 heavy (non-hydrogen) atoms. The van der Waals surface area contributed by atoms with Gasteiger partial charge in [0, 0.05) is 21.8 Å². The number of nitrogens with zero attached hydrogens (tertiary/aromatic N) is 1. The highest BCUT2D eigenvalue weighted by Crippen LogP contribution is 2.27. The van der Waals surface area contributed by atoms with E-state index in [1.165, 1.54) is 18.3 Å². The number of rotatable bonds is 4. The summed E-state index contributed by atoms with van der Waals surface area (Å²) in [4.78, 5) is 3.98. The van der Waals surface area contributed by atoms with Crippen molar-refractivity contribution in [2.24, 2.45) is 0 Å². The van der Waals surface area contributed by atoms with E-state index in [2.05, 4.69) is 20.9 Å². The molecule has 2 aromatic rings. The molecule has 0 bridgehead atoms. The molecule has 3 nitrogen and oxygen atoms in total. The number of aliphatic hydroxyl groups is 1. The Morgan fingerprint density at radius 3 is 2.84 bits per heavy atom. The SMILES string of the molecule is CCOc1cncc(C(O)c2ccc(Br)cc2F)c1. The summed E-state index contributed by atoms with van der Waals surface area (Å²) in [6.07, 6.45) is 1.98. The lowest BCUT2D eigenvalue weighted by molar-refractivity contribution is 0.213. The zero-order valence-electron chi connectivity index (χ0n) is 10.3. The van der Waals surface area contributed by atoms with Crippen molar-refractivity contribution in [2.75, 3.05) is 6.61 Å². The molecular weight excluding hydrogens is 313 g/mol. The van der Waals surface area contributed by atoms with Gasteiger partial charge in [0.25, 0.3) is 0 Å². The molecule has 0 aliphatic rings. The van der Waals surface area contributed by atoms with Crippen LogP contribution < -0.4 is 4.74 Å². The van der Waals surface area contributed by atoms with Gasteiger partial charge >= 0.3 is 0 Å². The van der Waals surface area contributed by atoms with Crippen molar-refractivity contribution in [2.45, 2.75) is 13.0 Å². The number of ether oxygens (including phenoxy) is 1. The molecule has 1 heterocycles. The molecule has 0 fully saturated rings. The second kappa shape index (κ2) is 6.12. The van der Waals surface area contributed by atoms with Gasteiger partial charge in [-0.05, 0) is 25.1 Å². The number of hydrogen-bond donors (Lipinski definition) is 1. The summed E-state index contributed by atoms with van der Waals surface area (Å²) in [6, 6.07) is 6.19. The lowest BCUT2D eigenvalue weighted by Crippen LogP contribution is -2.04. The summed E-state index contributed by atoms with van der Waals surface area (Å²) >= 11 is 3.18. The minimum atomic E-state index is -1.07. The molecule has 0 aliphatic carbocycles. The molecule has 0 amide bonds. The zero-order valence-corrected chi connectivity index (χ0v) is 11.9. The van der Waals surface area contributed by atoms with Crippen molar-refractivity contribution in [1.82, 2.24) is 4.98 Å². The fourth-order valence-corrected chi connectivity index (χ4v) is 2.07. The number of halogens is 2. The molecule has 0 saturated carbocycles. The Hall–Kier alpha value is -1.46. The van der Waals surface area contributed by atoms with Crippen LogP contribution in [-0.4, -0.2) is 16.7 Å². The van der Waals surface area contributed by atoms with Crippen LogP contribution in [0.25, 0.3) is 0 Å². The molecule has 1 unspecified atom stereocenters. The van der Waals surface area contributed by atoms with Gasteiger partial charge in [0.1, 0.15) is 17.7 Å². The lowest BCUT2D eigenvalue weighted by Gasteiger charge is -2.13. The van der Waals surface area contributed by atoms with Crippen LogP contribution in [0.3, 0.4) is 0 Å². The van der Waals surface area contributed by atoms with Crippen LogP contribution in [0.15, 0.2) is 41.1 Å². The van der Waals surface area contributed by atoms with E-state index in [4.69, 9.17) is 4.74 Å². The second-order valence-corrected chi connectivity index (χ2v) is 4.87. The largest absolute Gasteiger partial charge is 0.492 e. The van der Waals surface area contributed by atoms with Gasteiger partial charge in [0.2, 0.25) is 0 Å². The predicted molar refractivity (Wildman–Crippen MR) is 73.6 cm³/mol. The topological polar surface area (TPSA) is 42.4 Å². The minimum Gasteiger partial charge on any atom is -0.492 e. The number of pyridine rings is 1. The van der Waals surface area contributed by atoms with Crippen molar-refractivity contribution in [3.05, 3.63) is 58.1 Å². The van der Waals surface area contributed by atoms with E-state index in [1.54, 1.807) is 18.3 Å². The molecule has 1 N–H and O–H groups in total. The van der Waals surface area contributed by atoms with Crippen LogP contribution in [0.4, 0.5) is 4.39 Å². The molecule has 0 radical (unpaired) electrons. The standard InChI is InChI=1S/C14H13BrFNO2/c1-2-19-11-5-9(7-17-8-11)14(18)12-4-3-10(15)6-13(12)16/h3-8,14,18H,2H2,1H3. The van der Waals surface area contributed by atoms with Crippen molar-refractivity contribution < 1.29 is 14.2 Å². The Morgan fingerprint density at radius 2 is 2.16 bits per heavy atom. The van der Waals surface area contributed by atoms with E-state index in [1.807, 2.05) is 6.92 Å². The van der Waals surface area contributed by atoms with Crippen LogP contribution in [0.5, 0.6) is 5.75 Å². The normalized spacial score (nSPS) is 12.2. The predicted octanol–water partition coefficient (Wildman–Crippen LogP) is 3.46. The highest BCUT2D eigenvalue weighted by Gasteiger charge is 2.16. The highest BCUT2D eigenvalue weighted by atomic mass is 79.9. The average molecular weight is 326 g/mol. The molecular formula is C14H13BrFNO2.